The second kappa shape index (κ2) is 8.20. The van der Waals surface area contributed by atoms with E-state index in [1.54, 1.807) is 39.8 Å². The van der Waals surface area contributed by atoms with Gasteiger partial charge in [0.1, 0.15) is 5.69 Å². The number of hydrogen-bond acceptors (Lipinski definition) is 5. The number of carbonyl (C=O) groups excluding carboxylic acids is 3. The molecule has 2 rings (SSSR count). The van der Waals surface area contributed by atoms with Crippen LogP contribution in [0.15, 0.2) is 18.2 Å². The molecule has 0 fully saturated rings. The third kappa shape index (κ3) is 4.27. The minimum absolute atomic E-state index is 0.217. The van der Waals surface area contributed by atoms with E-state index in [-0.39, 0.29) is 23.6 Å². The van der Waals surface area contributed by atoms with Gasteiger partial charge in [-0.25, -0.2) is 9.59 Å². The zero-order valence-electron chi connectivity index (χ0n) is 16.6. The predicted molar refractivity (Wildman–Crippen MR) is 101 cm³/mol. The average Bonchev–Trinajstić information content (AvgIpc) is 2.91. The number of esters is 2. The van der Waals surface area contributed by atoms with Crippen molar-refractivity contribution in [2.75, 3.05) is 6.61 Å². The lowest BCUT2D eigenvalue weighted by molar-refractivity contribution is 0.0317. The Morgan fingerprint density at radius 2 is 1.70 bits per heavy atom. The minimum Gasteiger partial charge on any atom is -0.461 e. The topological polar surface area (TPSA) is 85.5 Å². The van der Waals surface area contributed by atoms with Crippen molar-refractivity contribution in [1.29, 1.82) is 0 Å². The van der Waals surface area contributed by atoms with Gasteiger partial charge < -0.3 is 14.5 Å². The van der Waals surface area contributed by atoms with Crippen molar-refractivity contribution in [3.8, 4) is 0 Å². The molecule has 1 heterocycles. The minimum atomic E-state index is -0.945. The second-order valence-corrected chi connectivity index (χ2v) is 6.56. The van der Waals surface area contributed by atoms with Gasteiger partial charge in [-0.1, -0.05) is 12.1 Å². The van der Waals surface area contributed by atoms with Crippen LogP contribution in [-0.4, -0.2) is 35.4 Å². The van der Waals surface area contributed by atoms with Crippen LogP contribution in [0.3, 0.4) is 0 Å². The van der Waals surface area contributed by atoms with E-state index in [0.717, 1.165) is 11.1 Å². The summed E-state index contributed by atoms with van der Waals surface area (Å²) in [5.41, 5.74) is 3.98. The highest BCUT2D eigenvalue weighted by molar-refractivity contribution is 6.03. The number of aryl methyl sites for hydroxylation is 3. The maximum Gasteiger partial charge on any atom is 0.355 e. The smallest absolute Gasteiger partial charge is 0.355 e. The fraction of sp³-hybridized carbons (Fsp3) is 0.381. The second-order valence-electron chi connectivity index (χ2n) is 6.56. The fourth-order valence-electron chi connectivity index (χ4n) is 2.87. The lowest BCUT2D eigenvalue weighted by Crippen LogP contribution is -2.25. The van der Waals surface area contributed by atoms with Crippen molar-refractivity contribution < 1.29 is 23.9 Å². The van der Waals surface area contributed by atoms with Crippen LogP contribution in [0.2, 0.25) is 0 Å². The summed E-state index contributed by atoms with van der Waals surface area (Å²) < 4.78 is 10.4. The molecule has 0 saturated carbocycles. The van der Waals surface area contributed by atoms with Crippen molar-refractivity contribution in [2.45, 2.75) is 47.6 Å². The molecule has 27 heavy (non-hydrogen) atoms. The number of H-pyrrole nitrogens is 1. The number of Topliss-reactive ketones (excluding diaryl/α,β-unsaturated/α-hetero) is 1. The van der Waals surface area contributed by atoms with Gasteiger partial charge in [0.2, 0.25) is 5.78 Å². The Balaban J connectivity index is 2.20. The van der Waals surface area contributed by atoms with Gasteiger partial charge in [-0.15, -0.1) is 0 Å². The molecular formula is C21H25NO5. The van der Waals surface area contributed by atoms with Crippen LogP contribution in [0.4, 0.5) is 0 Å². The van der Waals surface area contributed by atoms with E-state index in [2.05, 4.69) is 4.98 Å². The van der Waals surface area contributed by atoms with Gasteiger partial charge in [-0.2, -0.15) is 0 Å². The Kier molecular flexibility index (Phi) is 6.20. The van der Waals surface area contributed by atoms with Gasteiger partial charge in [-0.3, -0.25) is 4.79 Å². The zero-order valence-corrected chi connectivity index (χ0v) is 16.6. The Bertz CT molecular complexity index is 894. The first kappa shape index (κ1) is 20.4. The molecule has 0 aliphatic heterocycles. The Labute approximate surface area is 158 Å². The molecule has 0 spiro atoms. The van der Waals surface area contributed by atoms with E-state index >= 15 is 0 Å². The van der Waals surface area contributed by atoms with Crippen molar-refractivity contribution in [2.24, 2.45) is 0 Å². The highest BCUT2D eigenvalue weighted by atomic mass is 16.5. The molecule has 1 aromatic heterocycles. The highest BCUT2D eigenvalue weighted by Crippen LogP contribution is 2.21. The first-order valence-corrected chi connectivity index (χ1v) is 8.86. The SMILES string of the molecule is CCOC(=O)c1[nH]c(C)c(C(=O)O[C@H](C)C(=O)c2ccc(C)c(C)c2)c1C. The number of carbonyl (C=O) groups is 3. The molecule has 1 N–H and O–H groups in total. The van der Waals surface area contributed by atoms with Gasteiger partial charge >= 0.3 is 11.9 Å². The molecule has 144 valence electrons. The summed E-state index contributed by atoms with van der Waals surface area (Å²) in [7, 11) is 0. The largest absolute Gasteiger partial charge is 0.461 e. The summed E-state index contributed by atoms with van der Waals surface area (Å²) in [5, 5.41) is 0. The van der Waals surface area contributed by atoms with E-state index in [0.29, 0.717) is 16.8 Å². The number of ketones is 1. The molecule has 6 nitrogen and oxygen atoms in total. The summed E-state index contributed by atoms with van der Waals surface area (Å²) in [6.45, 7) is 10.7. The number of hydrogen-bond donors (Lipinski definition) is 1. The summed E-state index contributed by atoms with van der Waals surface area (Å²) in [5.74, 6) is -1.46. The standard InChI is InChI=1S/C21H25NO5/c1-7-26-21(25)18-13(4)17(14(5)22-18)20(24)27-15(6)19(23)16-9-8-11(2)12(3)10-16/h8-10,15,22H,7H2,1-6H3/t15-/m1/s1. The number of benzene rings is 1. The third-order valence-corrected chi connectivity index (χ3v) is 4.57. The normalized spacial score (nSPS) is 11.8. The van der Waals surface area contributed by atoms with Crippen molar-refractivity contribution >= 4 is 17.7 Å². The van der Waals surface area contributed by atoms with Crippen LogP contribution < -0.4 is 0 Å². The lowest BCUT2D eigenvalue weighted by Gasteiger charge is -2.13. The predicted octanol–water partition coefficient (Wildman–Crippen LogP) is 3.85. The molecule has 0 bridgehead atoms. The molecule has 0 aliphatic rings. The van der Waals surface area contributed by atoms with Crippen LogP contribution in [-0.2, 0) is 9.47 Å². The van der Waals surface area contributed by atoms with Crippen molar-refractivity contribution in [1.82, 2.24) is 4.98 Å². The molecule has 0 radical (unpaired) electrons. The molecule has 0 unspecified atom stereocenters. The van der Waals surface area contributed by atoms with Crippen molar-refractivity contribution in [3.05, 3.63) is 57.4 Å². The Hall–Kier alpha value is -2.89. The Morgan fingerprint density at radius 1 is 1.04 bits per heavy atom. The monoisotopic (exact) mass is 371 g/mol. The molecule has 2 aromatic rings. The van der Waals surface area contributed by atoms with Gasteiger partial charge in [0.05, 0.1) is 12.2 Å². The van der Waals surface area contributed by atoms with E-state index in [9.17, 15) is 14.4 Å². The van der Waals surface area contributed by atoms with E-state index in [4.69, 9.17) is 9.47 Å². The molecule has 0 aliphatic carbocycles. The quantitative estimate of drug-likeness (QED) is 0.616. The summed E-state index contributed by atoms with van der Waals surface area (Å²) >= 11 is 0. The number of rotatable bonds is 6. The molecule has 6 heteroatoms. The molecule has 0 saturated heterocycles. The fourth-order valence-corrected chi connectivity index (χ4v) is 2.87. The van der Waals surface area contributed by atoms with E-state index in [1.165, 1.54) is 0 Å². The zero-order chi connectivity index (χ0) is 20.3. The summed E-state index contributed by atoms with van der Waals surface area (Å²) in [6, 6.07) is 5.37. The van der Waals surface area contributed by atoms with Gasteiger partial charge in [0.25, 0.3) is 0 Å². The van der Waals surface area contributed by atoms with Crippen LogP contribution in [0.25, 0.3) is 0 Å². The first-order valence-electron chi connectivity index (χ1n) is 8.86. The molecule has 1 aromatic carbocycles. The highest BCUT2D eigenvalue weighted by Gasteiger charge is 2.27. The van der Waals surface area contributed by atoms with Crippen LogP contribution >= 0.6 is 0 Å². The maximum absolute atomic E-state index is 12.6. The number of nitrogens with one attached hydrogen (secondary N) is 1. The molecule has 0 amide bonds. The van der Waals surface area contributed by atoms with Crippen molar-refractivity contribution in [3.63, 3.8) is 0 Å². The number of ether oxygens (including phenoxy) is 2. The van der Waals surface area contributed by atoms with Crippen LogP contribution in [0.1, 0.15) is 67.4 Å². The average molecular weight is 371 g/mol. The van der Waals surface area contributed by atoms with Gasteiger partial charge in [-0.05, 0) is 64.3 Å². The first-order chi connectivity index (χ1) is 12.7. The molecular weight excluding hydrogens is 346 g/mol. The molecule has 1 atom stereocenters. The lowest BCUT2D eigenvalue weighted by atomic mass is 10.0. The summed E-state index contributed by atoms with van der Waals surface area (Å²) in [6.07, 6.45) is -0.945. The van der Waals surface area contributed by atoms with Crippen LogP contribution in [0.5, 0.6) is 0 Å². The van der Waals surface area contributed by atoms with Crippen LogP contribution in [0, 0.1) is 27.7 Å². The number of aromatic amines is 1. The van der Waals surface area contributed by atoms with Gasteiger partial charge in [0, 0.05) is 11.3 Å². The summed E-state index contributed by atoms with van der Waals surface area (Å²) in [4.78, 5) is 40.0. The van der Waals surface area contributed by atoms with E-state index < -0.39 is 18.0 Å². The maximum atomic E-state index is 12.6. The van der Waals surface area contributed by atoms with Gasteiger partial charge in [0.15, 0.2) is 6.10 Å². The number of aromatic nitrogens is 1. The Morgan fingerprint density at radius 3 is 2.30 bits per heavy atom. The van der Waals surface area contributed by atoms with E-state index in [1.807, 2.05) is 19.9 Å². The third-order valence-electron chi connectivity index (χ3n) is 4.57.